The number of nitrogens with zero attached hydrogens (tertiary/aromatic N) is 3. The Morgan fingerprint density at radius 2 is 1.91 bits per heavy atom. The number of carbonyl (C=O) groups excluding carboxylic acids is 1. The summed E-state index contributed by atoms with van der Waals surface area (Å²) in [7, 11) is 0. The van der Waals surface area contributed by atoms with Gasteiger partial charge in [-0.15, -0.1) is 0 Å². The molecule has 8 nitrogen and oxygen atoms in total. The highest BCUT2D eigenvalue weighted by molar-refractivity contribution is 7.99. The molecule has 2 aromatic heterocycles. The fourth-order valence-electron chi connectivity index (χ4n) is 3.52. The van der Waals surface area contributed by atoms with Crippen LogP contribution in [0, 0.1) is 0 Å². The Morgan fingerprint density at radius 3 is 2.65 bits per heavy atom. The molecule has 0 aliphatic heterocycles. The molecule has 0 unspecified atom stereocenters. The lowest BCUT2D eigenvalue weighted by molar-refractivity contribution is -0.119. The first kappa shape index (κ1) is 23.6. The smallest absolute Gasteiger partial charge is 0.266 e. The zero-order chi connectivity index (χ0) is 23.9. The SMILES string of the molecule is CCOc1ccc(-c2nc(SCC(=O)N[C@@H](C)CCc3ccccc3)n3[nH]c(=O)cc3n2)cc1. The summed E-state index contributed by atoms with van der Waals surface area (Å²) in [4.78, 5) is 33.6. The van der Waals surface area contributed by atoms with E-state index in [1.807, 2.05) is 56.3 Å². The van der Waals surface area contributed by atoms with Crippen molar-refractivity contribution in [2.75, 3.05) is 12.4 Å². The number of fused-ring (bicyclic) bond motifs is 1. The number of thioether (sulfide) groups is 1. The van der Waals surface area contributed by atoms with Gasteiger partial charge in [0.1, 0.15) is 5.75 Å². The third-order valence-corrected chi connectivity index (χ3v) is 6.14. The predicted molar refractivity (Wildman–Crippen MR) is 133 cm³/mol. The van der Waals surface area contributed by atoms with Crippen molar-refractivity contribution in [1.82, 2.24) is 24.9 Å². The second-order valence-electron chi connectivity index (χ2n) is 7.88. The van der Waals surface area contributed by atoms with Gasteiger partial charge in [0.2, 0.25) is 5.91 Å². The number of nitrogens with one attached hydrogen (secondary N) is 2. The van der Waals surface area contributed by atoms with Crippen molar-refractivity contribution in [2.24, 2.45) is 0 Å². The van der Waals surface area contributed by atoms with E-state index >= 15 is 0 Å². The number of amides is 1. The third kappa shape index (κ3) is 6.05. The Kier molecular flexibility index (Phi) is 7.64. The molecule has 34 heavy (non-hydrogen) atoms. The van der Waals surface area contributed by atoms with Crippen LogP contribution in [-0.4, -0.2) is 43.9 Å². The summed E-state index contributed by atoms with van der Waals surface area (Å²) in [5, 5.41) is 6.23. The quantitative estimate of drug-likeness (QED) is 0.338. The molecule has 4 rings (SSSR count). The number of hydrogen-bond donors (Lipinski definition) is 2. The molecule has 0 bridgehead atoms. The number of aryl methyl sites for hydroxylation is 1. The molecule has 0 saturated heterocycles. The van der Waals surface area contributed by atoms with Crippen molar-refractivity contribution >= 4 is 23.3 Å². The highest BCUT2D eigenvalue weighted by Crippen LogP contribution is 2.23. The van der Waals surface area contributed by atoms with Gasteiger partial charge >= 0.3 is 0 Å². The van der Waals surface area contributed by atoms with Gasteiger partial charge in [-0.1, -0.05) is 42.1 Å². The van der Waals surface area contributed by atoms with Crippen LogP contribution >= 0.6 is 11.8 Å². The first-order chi connectivity index (χ1) is 16.5. The topological polar surface area (TPSA) is 101 Å². The Bertz CT molecular complexity index is 1300. The standard InChI is InChI=1S/C25H27N5O3S/c1-3-33-20-13-11-19(12-14-20)24-27-21-15-22(31)29-30(21)25(28-24)34-16-23(32)26-17(2)9-10-18-7-5-4-6-8-18/h4-8,11-15,17H,3,9-10,16H2,1-2H3,(H,26,32)(H,29,31)/t17-/m0/s1. The second-order valence-corrected chi connectivity index (χ2v) is 8.83. The average Bonchev–Trinajstić information content (AvgIpc) is 3.23. The Balaban J connectivity index is 1.43. The molecule has 0 saturated carbocycles. The van der Waals surface area contributed by atoms with Gasteiger partial charge in [0.25, 0.3) is 5.56 Å². The van der Waals surface area contributed by atoms with E-state index < -0.39 is 0 Å². The van der Waals surface area contributed by atoms with Crippen LogP contribution < -0.4 is 15.6 Å². The Labute approximate surface area is 201 Å². The van der Waals surface area contributed by atoms with E-state index in [1.165, 1.54) is 27.9 Å². The molecule has 0 aliphatic carbocycles. The van der Waals surface area contributed by atoms with Gasteiger partial charge in [0.15, 0.2) is 16.6 Å². The zero-order valence-electron chi connectivity index (χ0n) is 19.2. The van der Waals surface area contributed by atoms with Crippen molar-refractivity contribution in [1.29, 1.82) is 0 Å². The third-order valence-electron chi connectivity index (χ3n) is 5.20. The molecule has 0 aliphatic rings. The molecule has 1 amide bonds. The minimum absolute atomic E-state index is 0.0459. The summed E-state index contributed by atoms with van der Waals surface area (Å²) in [6, 6.07) is 19.1. The number of carbonyl (C=O) groups is 1. The van der Waals surface area contributed by atoms with Crippen molar-refractivity contribution in [3.05, 3.63) is 76.6 Å². The van der Waals surface area contributed by atoms with Gasteiger partial charge < -0.3 is 10.1 Å². The summed E-state index contributed by atoms with van der Waals surface area (Å²) < 4.78 is 7.00. The summed E-state index contributed by atoms with van der Waals surface area (Å²) in [6.07, 6.45) is 1.75. The van der Waals surface area contributed by atoms with E-state index in [-0.39, 0.29) is 23.3 Å². The van der Waals surface area contributed by atoms with E-state index in [4.69, 9.17) is 4.74 Å². The number of rotatable bonds is 10. The van der Waals surface area contributed by atoms with Gasteiger partial charge in [0.05, 0.1) is 12.4 Å². The van der Waals surface area contributed by atoms with E-state index in [9.17, 15) is 9.59 Å². The van der Waals surface area contributed by atoms with Crippen LogP contribution in [0.1, 0.15) is 25.8 Å². The van der Waals surface area contributed by atoms with Crippen molar-refractivity contribution in [2.45, 2.75) is 37.9 Å². The molecule has 1 atom stereocenters. The number of ether oxygens (including phenoxy) is 1. The molecule has 176 valence electrons. The van der Waals surface area contributed by atoms with Gasteiger partial charge in [-0.2, -0.15) is 0 Å². The summed E-state index contributed by atoms with van der Waals surface area (Å²) in [6.45, 7) is 4.52. The van der Waals surface area contributed by atoms with E-state index in [2.05, 4.69) is 32.5 Å². The van der Waals surface area contributed by atoms with Gasteiger partial charge in [-0.05, 0) is 56.5 Å². The molecule has 0 radical (unpaired) electrons. The molecule has 2 aromatic carbocycles. The lowest BCUT2D eigenvalue weighted by Crippen LogP contribution is -2.34. The van der Waals surface area contributed by atoms with Crippen LogP contribution in [0.2, 0.25) is 0 Å². The van der Waals surface area contributed by atoms with Crippen LogP contribution in [-0.2, 0) is 11.2 Å². The van der Waals surface area contributed by atoms with Crippen LogP contribution in [0.5, 0.6) is 5.75 Å². The van der Waals surface area contributed by atoms with Crippen LogP contribution in [0.15, 0.2) is 70.6 Å². The number of aromatic amines is 1. The maximum absolute atomic E-state index is 12.6. The normalized spacial score (nSPS) is 11.9. The van der Waals surface area contributed by atoms with Crippen LogP contribution in [0.3, 0.4) is 0 Å². The lowest BCUT2D eigenvalue weighted by Gasteiger charge is -2.14. The minimum Gasteiger partial charge on any atom is -0.494 e. The predicted octanol–water partition coefficient (Wildman–Crippen LogP) is 3.71. The molecule has 4 aromatic rings. The summed E-state index contributed by atoms with van der Waals surface area (Å²) >= 11 is 1.25. The molecular weight excluding hydrogens is 450 g/mol. The number of benzene rings is 2. The fourth-order valence-corrected chi connectivity index (χ4v) is 4.29. The van der Waals surface area contributed by atoms with Crippen LogP contribution in [0.4, 0.5) is 0 Å². The first-order valence-corrected chi connectivity index (χ1v) is 12.2. The molecule has 0 spiro atoms. The lowest BCUT2D eigenvalue weighted by atomic mass is 10.1. The van der Waals surface area contributed by atoms with E-state index in [1.54, 1.807) is 0 Å². The Hall–Kier alpha value is -3.59. The molecule has 0 fully saturated rings. The summed E-state index contributed by atoms with van der Waals surface area (Å²) in [5.74, 6) is 1.32. The second kappa shape index (κ2) is 11.0. The molecular formula is C25H27N5O3S. The highest BCUT2D eigenvalue weighted by atomic mass is 32.2. The van der Waals surface area contributed by atoms with E-state index in [0.29, 0.717) is 23.2 Å². The number of aromatic nitrogens is 4. The van der Waals surface area contributed by atoms with Crippen molar-refractivity contribution in [3.8, 4) is 17.1 Å². The van der Waals surface area contributed by atoms with Crippen molar-refractivity contribution in [3.63, 3.8) is 0 Å². The molecule has 2 heterocycles. The first-order valence-electron chi connectivity index (χ1n) is 11.2. The maximum Gasteiger partial charge on any atom is 0.266 e. The molecule has 9 heteroatoms. The maximum atomic E-state index is 12.6. The average molecular weight is 478 g/mol. The van der Waals surface area contributed by atoms with Crippen LogP contribution in [0.25, 0.3) is 17.0 Å². The fraction of sp³-hybridized carbons (Fsp3) is 0.280. The highest BCUT2D eigenvalue weighted by Gasteiger charge is 2.14. The monoisotopic (exact) mass is 477 g/mol. The van der Waals surface area contributed by atoms with Gasteiger partial charge in [-0.3, -0.25) is 14.7 Å². The Morgan fingerprint density at radius 1 is 1.15 bits per heavy atom. The number of hydrogen-bond acceptors (Lipinski definition) is 6. The van der Waals surface area contributed by atoms with Crippen molar-refractivity contribution < 1.29 is 9.53 Å². The van der Waals surface area contributed by atoms with Gasteiger partial charge in [-0.25, -0.2) is 14.5 Å². The molecule has 2 N–H and O–H groups in total. The van der Waals surface area contributed by atoms with Gasteiger partial charge in [0, 0.05) is 17.7 Å². The minimum atomic E-state index is -0.279. The number of H-pyrrole nitrogens is 1. The largest absolute Gasteiger partial charge is 0.494 e. The summed E-state index contributed by atoms with van der Waals surface area (Å²) in [5.41, 5.74) is 2.21. The van der Waals surface area contributed by atoms with E-state index in [0.717, 1.165) is 24.2 Å². The zero-order valence-corrected chi connectivity index (χ0v) is 20.0.